The van der Waals surface area contributed by atoms with Crippen LogP contribution in [0.15, 0.2) is 29.5 Å². The van der Waals surface area contributed by atoms with E-state index in [1.54, 1.807) is 12.5 Å². The maximum Gasteiger partial charge on any atom is 0.133 e. The van der Waals surface area contributed by atoms with Gasteiger partial charge < -0.3 is 5.32 Å². The first-order chi connectivity index (χ1) is 4.47. The molecule has 46 valence electrons. The average Bonchev–Trinajstić information content (AvgIpc) is 2.33. The van der Waals surface area contributed by atoms with E-state index in [9.17, 15) is 0 Å². The van der Waals surface area contributed by atoms with Crippen LogP contribution in [-0.4, -0.2) is 11.2 Å². The van der Waals surface area contributed by atoms with Crippen LogP contribution < -0.4 is 10.7 Å². The van der Waals surface area contributed by atoms with Gasteiger partial charge in [-0.3, -0.25) is 10.3 Å². The molecule has 2 rings (SSSR count). The van der Waals surface area contributed by atoms with E-state index in [0.29, 0.717) is 0 Å². The van der Waals surface area contributed by atoms with E-state index >= 15 is 0 Å². The summed E-state index contributed by atoms with van der Waals surface area (Å²) < 4.78 is 0. The zero-order valence-corrected chi connectivity index (χ0v) is 4.70. The second-order valence-corrected chi connectivity index (χ2v) is 1.77. The van der Waals surface area contributed by atoms with Crippen LogP contribution in [0.4, 0.5) is 0 Å². The number of fused-ring (bicyclic) bond motifs is 1. The highest BCUT2D eigenvalue weighted by Gasteiger charge is 2.09. The summed E-state index contributed by atoms with van der Waals surface area (Å²) in [6, 6.07) is 0. The Hall–Kier alpha value is -1.45. The van der Waals surface area contributed by atoms with Crippen molar-refractivity contribution >= 4 is 6.34 Å². The number of rotatable bonds is 0. The average molecular weight is 122 g/mol. The number of nitrogens with one attached hydrogen (secondary N) is 2. The molecule has 2 aliphatic rings. The third-order valence-electron chi connectivity index (χ3n) is 1.20. The van der Waals surface area contributed by atoms with Gasteiger partial charge in [0.05, 0.1) is 6.20 Å². The molecule has 9 heavy (non-hydrogen) atoms. The fourth-order valence-electron chi connectivity index (χ4n) is 0.769. The molecule has 2 N–H and O–H groups in total. The molecule has 0 saturated carbocycles. The molecule has 2 aliphatic heterocycles. The van der Waals surface area contributed by atoms with E-state index in [0.717, 1.165) is 5.82 Å². The van der Waals surface area contributed by atoms with Gasteiger partial charge in [-0.15, -0.1) is 0 Å². The number of hydrogen-bond acceptors (Lipinski definition) is 4. The molecule has 4 heteroatoms. The minimum Gasteiger partial charge on any atom is -0.345 e. The molecule has 4 nitrogen and oxygen atoms in total. The molecule has 0 aliphatic carbocycles. The molecule has 0 unspecified atom stereocenters. The van der Waals surface area contributed by atoms with E-state index in [1.165, 1.54) is 0 Å². The molecule has 0 bridgehead atoms. The van der Waals surface area contributed by atoms with Gasteiger partial charge in [0, 0.05) is 12.4 Å². The Labute approximate surface area is 52.5 Å². The summed E-state index contributed by atoms with van der Waals surface area (Å²) >= 11 is 0. The zero-order valence-electron chi connectivity index (χ0n) is 4.70. The quantitative estimate of drug-likeness (QED) is 0.463. The molecule has 0 aromatic rings. The number of hydrazone groups is 1. The predicted octanol–water partition coefficient (Wildman–Crippen LogP) is -0.292. The van der Waals surface area contributed by atoms with Crippen LogP contribution in [-0.2, 0) is 0 Å². The smallest absolute Gasteiger partial charge is 0.133 e. The lowest BCUT2D eigenvalue weighted by Gasteiger charge is -2.14. The molecular formula is C5H6N4. The van der Waals surface area contributed by atoms with E-state index in [-0.39, 0.29) is 0 Å². The van der Waals surface area contributed by atoms with Crippen molar-refractivity contribution in [2.75, 3.05) is 0 Å². The van der Waals surface area contributed by atoms with Crippen LogP contribution in [0.5, 0.6) is 0 Å². The Bertz CT molecular complexity index is 203. The molecule has 0 spiro atoms. The second kappa shape index (κ2) is 1.51. The summed E-state index contributed by atoms with van der Waals surface area (Å²) in [6.07, 6.45) is 7.24. The molecule has 0 atom stereocenters. The Kier molecular flexibility index (Phi) is 0.745. The van der Waals surface area contributed by atoms with Crippen molar-refractivity contribution in [2.45, 2.75) is 0 Å². The van der Waals surface area contributed by atoms with Gasteiger partial charge >= 0.3 is 0 Å². The van der Waals surface area contributed by atoms with Gasteiger partial charge in [0.1, 0.15) is 12.2 Å². The minimum absolute atomic E-state index is 1.00. The van der Waals surface area contributed by atoms with Crippen LogP contribution >= 0.6 is 0 Å². The molecule has 0 amide bonds. The highest BCUT2D eigenvalue weighted by atomic mass is 15.4. The fraction of sp³-hybridized carbons (Fsp3) is 0. The molecule has 0 saturated heterocycles. The topological polar surface area (TPSA) is 39.7 Å². The summed E-state index contributed by atoms with van der Waals surface area (Å²) in [5.41, 5.74) is 2.72. The first-order valence-electron chi connectivity index (χ1n) is 2.67. The third kappa shape index (κ3) is 0.561. The summed E-state index contributed by atoms with van der Waals surface area (Å²) in [7, 11) is 0. The molecule has 0 aromatic carbocycles. The monoisotopic (exact) mass is 122 g/mol. The van der Waals surface area contributed by atoms with Crippen LogP contribution in [0, 0.1) is 0 Å². The van der Waals surface area contributed by atoms with Gasteiger partial charge in [0.2, 0.25) is 0 Å². The first-order valence-corrected chi connectivity index (χ1v) is 2.67. The van der Waals surface area contributed by atoms with Gasteiger partial charge in [-0.1, -0.05) is 0 Å². The van der Waals surface area contributed by atoms with Crippen LogP contribution in [0.3, 0.4) is 0 Å². The van der Waals surface area contributed by atoms with Gasteiger partial charge in [-0.2, -0.15) is 5.10 Å². The van der Waals surface area contributed by atoms with Crippen molar-refractivity contribution in [1.29, 1.82) is 0 Å². The molecule has 0 aromatic heterocycles. The summed E-state index contributed by atoms with van der Waals surface area (Å²) in [5, 5.41) is 6.81. The van der Waals surface area contributed by atoms with Crippen molar-refractivity contribution in [2.24, 2.45) is 5.10 Å². The lowest BCUT2D eigenvalue weighted by Crippen LogP contribution is -2.23. The lowest BCUT2D eigenvalue weighted by atomic mass is 10.6. The lowest BCUT2D eigenvalue weighted by molar-refractivity contribution is 0.654. The van der Waals surface area contributed by atoms with Gasteiger partial charge in [0.15, 0.2) is 0 Å². The first kappa shape index (κ1) is 4.43. The minimum atomic E-state index is 1.00. The van der Waals surface area contributed by atoms with E-state index in [2.05, 4.69) is 15.8 Å². The molecule has 0 radical (unpaired) electrons. The Morgan fingerprint density at radius 3 is 3.44 bits per heavy atom. The maximum atomic E-state index is 3.80. The van der Waals surface area contributed by atoms with Crippen molar-refractivity contribution in [3.05, 3.63) is 24.4 Å². The SMILES string of the molecule is C1=CN2C=NNC=C2N1. The Balaban J connectivity index is 2.29. The third-order valence-corrected chi connectivity index (χ3v) is 1.20. The zero-order chi connectivity index (χ0) is 6.10. The molecule has 0 fully saturated rings. The fourth-order valence-corrected chi connectivity index (χ4v) is 0.769. The summed E-state index contributed by atoms with van der Waals surface area (Å²) in [5.74, 6) is 1.00. The van der Waals surface area contributed by atoms with Gasteiger partial charge in [-0.25, -0.2) is 0 Å². The van der Waals surface area contributed by atoms with Crippen molar-refractivity contribution in [3.8, 4) is 0 Å². The van der Waals surface area contributed by atoms with Crippen molar-refractivity contribution in [3.63, 3.8) is 0 Å². The van der Waals surface area contributed by atoms with Crippen LogP contribution in [0.25, 0.3) is 0 Å². The van der Waals surface area contributed by atoms with E-state index in [1.807, 2.05) is 17.3 Å². The van der Waals surface area contributed by atoms with Gasteiger partial charge in [-0.05, 0) is 0 Å². The predicted molar refractivity (Wildman–Crippen MR) is 33.8 cm³/mol. The van der Waals surface area contributed by atoms with Crippen LogP contribution in [0.2, 0.25) is 0 Å². The highest BCUT2D eigenvalue weighted by Crippen LogP contribution is 2.05. The van der Waals surface area contributed by atoms with E-state index < -0.39 is 0 Å². The van der Waals surface area contributed by atoms with Crippen molar-refractivity contribution < 1.29 is 0 Å². The maximum absolute atomic E-state index is 3.80. The van der Waals surface area contributed by atoms with E-state index in [4.69, 9.17) is 0 Å². The van der Waals surface area contributed by atoms with Gasteiger partial charge in [0.25, 0.3) is 0 Å². The second-order valence-electron chi connectivity index (χ2n) is 1.77. The Morgan fingerprint density at radius 2 is 2.56 bits per heavy atom. The summed E-state index contributed by atoms with van der Waals surface area (Å²) in [4.78, 5) is 1.89. The molecule has 2 heterocycles. The number of nitrogens with zero attached hydrogens (tertiary/aromatic N) is 2. The molecular weight excluding hydrogens is 116 g/mol. The normalized spacial score (nSPS) is 20.4. The number of hydrogen-bond donors (Lipinski definition) is 2. The standard InChI is InChI=1S/C5H6N4/c1-2-9-4-8-7-3-5(9)6-1/h1-4,6-7H. The van der Waals surface area contributed by atoms with Crippen molar-refractivity contribution in [1.82, 2.24) is 15.6 Å². The highest BCUT2D eigenvalue weighted by molar-refractivity contribution is 5.61. The summed E-state index contributed by atoms with van der Waals surface area (Å²) in [6.45, 7) is 0. The van der Waals surface area contributed by atoms with Crippen LogP contribution in [0.1, 0.15) is 0 Å². The largest absolute Gasteiger partial charge is 0.345 e. The Morgan fingerprint density at radius 1 is 1.56 bits per heavy atom.